The first-order valence-corrected chi connectivity index (χ1v) is 8.87. The number of hydrogen-bond donors (Lipinski definition) is 1. The molecule has 0 aromatic heterocycles. The van der Waals surface area contributed by atoms with Gasteiger partial charge in [-0.2, -0.15) is 5.26 Å². The Morgan fingerprint density at radius 3 is 2.86 bits per heavy atom. The predicted molar refractivity (Wildman–Crippen MR) is 107 cm³/mol. The van der Waals surface area contributed by atoms with Crippen LogP contribution in [0.1, 0.15) is 29.8 Å². The first-order chi connectivity index (χ1) is 13.4. The van der Waals surface area contributed by atoms with Gasteiger partial charge in [0.2, 0.25) is 5.91 Å². The largest absolute Gasteiger partial charge is 0.490 e. The average Bonchev–Trinajstić information content (AvgIpc) is 2.78. The molecular formula is C22H21N3O3. The normalized spacial score (nSPS) is 14.9. The van der Waals surface area contributed by atoms with Gasteiger partial charge in [-0.05, 0) is 44.2 Å². The summed E-state index contributed by atoms with van der Waals surface area (Å²) in [7, 11) is 0. The number of carbonyl (C=O) groups is 2. The third-order valence-corrected chi connectivity index (χ3v) is 4.49. The van der Waals surface area contributed by atoms with Crippen LogP contribution >= 0.6 is 0 Å². The molecule has 0 unspecified atom stereocenters. The molecule has 0 fully saturated rings. The van der Waals surface area contributed by atoms with E-state index in [0.29, 0.717) is 34.8 Å². The van der Waals surface area contributed by atoms with E-state index in [1.165, 1.54) is 6.07 Å². The average molecular weight is 375 g/mol. The van der Waals surface area contributed by atoms with Gasteiger partial charge in [-0.1, -0.05) is 12.1 Å². The van der Waals surface area contributed by atoms with E-state index in [9.17, 15) is 9.59 Å². The van der Waals surface area contributed by atoms with Crippen LogP contribution in [-0.4, -0.2) is 25.0 Å². The number of benzene rings is 2. The molecule has 1 aliphatic heterocycles. The van der Waals surface area contributed by atoms with Gasteiger partial charge in [0, 0.05) is 23.9 Å². The number of hydrogen-bond acceptors (Lipinski definition) is 4. The minimum absolute atomic E-state index is 0.0451. The number of nitriles is 1. The highest BCUT2D eigenvalue weighted by Crippen LogP contribution is 2.38. The number of rotatable bonds is 4. The molecule has 0 saturated carbocycles. The first-order valence-electron chi connectivity index (χ1n) is 8.87. The molecule has 142 valence electrons. The minimum Gasteiger partial charge on any atom is -0.490 e. The van der Waals surface area contributed by atoms with Crippen LogP contribution in [-0.2, 0) is 4.79 Å². The van der Waals surface area contributed by atoms with Crippen LogP contribution in [0.25, 0.3) is 0 Å². The Kier molecular flexibility index (Phi) is 5.18. The zero-order valence-corrected chi connectivity index (χ0v) is 15.9. The Balaban J connectivity index is 1.90. The third-order valence-electron chi connectivity index (χ3n) is 4.49. The van der Waals surface area contributed by atoms with Crippen LogP contribution in [0, 0.1) is 16.7 Å². The molecule has 6 heteroatoms. The van der Waals surface area contributed by atoms with Crippen molar-refractivity contribution in [2.45, 2.75) is 13.8 Å². The maximum Gasteiger partial charge on any atom is 0.255 e. The van der Waals surface area contributed by atoms with Gasteiger partial charge in [-0.3, -0.25) is 9.59 Å². The van der Waals surface area contributed by atoms with Crippen molar-refractivity contribution in [1.82, 2.24) is 0 Å². The van der Waals surface area contributed by atoms with Crippen molar-refractivity contribution in [3.63, 3.8) is 0 Å². The molecule has 0 aliphatic carbocycles. The second-order valence-electron chi connectivity index (χ2n) is 7.21. The fraction of sp³-hybridized carbons (Fsp3) is 0.227. The van der Waals surface area contributed by atoms with Gasteiger partial charge in [-0.25, -0.2) is 0 Å². The summed E-state index contributed by atoms with van der Waals surface area (Å²) >= 11 is 0. The van der Waals surface area contributed by atoms with Crippen LogP contribution in [0.2, 0.25) is 0 Å². The Labute approximate surface area is 164 Å². The topological polar surface area (TPSA) is 82.4 Å². The molecule has 3 rings (SSSR count). The Hall–Kier alpha value is -3.59. The van der Waals surface area contributed by atoms with Crippen molar-refractivity contribution in [1.29, 1.82) is 5.26 Å². The molecule has 1 aliphatic rings. The van der Waals surface area contributed by atoms with Crippen LogP contribution < -0.4 is 15.0 Å². The van der Waals surface area contributed by atoms with Gasteiger partial charge < -0.3 is 15.0 Å². The third kappa shape index (κ3) is 3.74. The standard InChI is InChI=1S/C22H21N3O3/c1-4-10-25-18-9-8-17(12-19(18)28-14-22(2,3)21(25)27)24-20(26)16-7-5-6-15(11-16)13-23/h4-9,11-12H,1,10,14H2,2-3H3,(H,24,26). The SMILES string of the molecule is C=CCN1C(=O)C(C)(C)COc2cc(NC(=O)c3cccc(C#N)c3)ccc21. The lowest BCUT2D eigenvalue weighted by molar-refractivity contribution is -0.127. The summed E-state index contributed by atoms with van der Waals surface area (Å²) in [5.41, 5.74) is 1.30. The summed E-state index contributed by atoms with van der Waals surface area (Å²) in [6.45, 7) is 8.00. The highest BCUT2D eigenvalue weighted by atomic mass is 16.5. The molecule has 2 aromatic rings. The molecule has 2 amide bonds. The van der Waals surface area contributed by atoms with Crippen LogP contribution in [0.4, 0.5) is 11.4 Å². The molecular weight excluding hydrogens is 354 g/mol. The van der Waals surface area contributed by atoms with E-state index in [2.05, 4.69) is 11.9 Å². The van der Waals surface area contributed by atoms with Crippen molar-refractivity contribution in [2.75, 3.05) is 23.4 Å². The lowest BCUT2D eigenvalue weighted by Gasteiger charge is -2.27. The molecule has 2 aromatic carbocycles. The van der Waals surface area contributed by atoms with E-state index in [1.807, 2.05) is 19.9 Å². The number of carbonyl (C=O) groups excluding carboxylic acids is 2. The minimum atomic E-state index is -0.677. The van der Waals surface area contributed by atoms with Crippen molar-refractivity contribution >= 4 is 23.2 Å². The molecule has 0 spiro atoms. The fourth-order valence-corrected chi connectivity index (χ4v) is 2.97. The van der Waals surface area contributed by atoms with Crippen LogP contribution in [0.15, 0.2) is 55.1 Å². The van der Waals surface area contributed by atoms with Crippen LogP contribution in [0.5, 0.6) is 5.75 Å². The number of amides is 2. The highest BCUT2D eigenvalue weighted by Gasteiger charge is 2.37. The molecule has 6 nitrogen and oxygen atoms in total. The summed E-state index contributed by atoms with van der Waals surface area (Å²) in [4.78, 5) is 27.0. The van der Waals surface area contributed by atoms with Gasteiger partial charge in [-0.15, -0.1) is 6.58 Å². The molecule has 1 N–H and O–H groups in total. The summed E-state index contributed by atoms with van der Waals surface area (Å²) in [6, 6.07) is 13.7. The zero-order valence-electron chi connectivity index (χ0n) is 15.9. The van der Waals surface area contributed by atoms with Gasteiger partial charge in [0.15, 0.2) is 0 Å². The summed E-state index contributed by atoms with van der Waals surface area (Å²) in [6.07, 6.45) is 1.67. The van der Waals surface area contributed by atoms with E-state index < -0.39 is 5.41 Å². The maximum atomic E-state index is 12.8. The lowest BCUT2D eigenvalue weighted by atomic mass is 9.93. The maximum absolute atomic E-state index is 12.8. The summed E-state index contributed by atoms with van der Waals surface area (Å²) < 4.78 is 5.88. The number of anilines is 2. The second-order valence-corrected chi connectivity index (χ2v) is 7.21. The Morgan fingerprint density at radius 2 is 2.14 bits per heavy atom. The van der Waals surface area contributed by atoms with E-state index in [1.54, 1.807) is 47.4 Å². The fourth-order valence-electron chi connectivity index (χ4n) is 2.97. The molecule has 1 heterocycles. The number of nitrogens with one attached hydrogen (secondary N) is 1. The predicted octanol–water partition coefficient (Wildman–Crippen LogP) is 3.75. The van der Waals surface area contributed by atoms with E-state index in [-0.39, 0.29) is 18.4 Å². The lowest BCUT2D eigenvalue weighted by Crippen LogP contribution is -2.42. The van der Waals surface area contributed by atoms with Crippen molar-refractivity contribution < 1.29 is 14.3 Å². The molecule has 0 saturated heterocycles. The molecule has 0 bridgehead atoms. The Bertz CT molecular complexity index is 989. The zero-order chi connectivity index (χ0) is 20.3. The van der Waals surface area contributed by atoms with E-state index in [4.69, 9.17) is 10.00 Å². The van der Waals surface area contributed by atoms with E-state index in [0.717, 1.165) is 0 Å². The Morgan fingerprint density at radius 1 is 1.36 bits per heavy atom. The van der Waals surface area contributed by atoms with Crippen LogP contribution in [0.3, 0.4) is 0 Å². The molecule has 28 heavy (non-hydrogen) atoms. The highest BCUT2D eigenvalue weighted by molar-refractivity contribution is 6.05. The number of ether oxygens (including phenoxy) is 1. The van der Waals surface area contributed by atoms with E-state index >= 15 is 0 Å². The summed E-state index contributed by atoms with van der Waals surface area (Å²) in [5.74, 6) is 0.144. The van der Waals surface area contributed by atoms with Crippen molar-refractivity contribution in [3.05, 3.63) is 66.2 Å². The van der Waals surface area contributed by atoms with Gasteiger partial charge in [0.05, 0.1) is 22.7 Å². The second kappa shape index (κ2) is 7.57. The van der Waals surface area contributed by atoms with Gasteiger partial charge in [0.1, 0.15) is 12.4 Å². The molecule has 0 radical (unpaired) electrons. The van der Waals surface area contributed by atoms with Crippen molar-refractivity contribution in [3.8, 4) is 11.8 Å². The van der Waals surface area contributed by atoms with Crippen molar-refractivity contribution in [2.24, 2.45) is 5.41 Å². The molecule has 0 atom stereocenters. The summed E-state index contributed by atoms with van der Waals surface area (Å²) in [5, 5.41) is 11.8. The smallest absolute Gasteiger partial charge is 0.255 e. The monoisotopic (exact) mass is 375 g/mol. The number of nitrogens with zero attached hydrogens (tertiary/aromatic N) is 2. The van der Waals surface area contributed by atoms with Gasteiger partial charge >= 0.3 is 0 Å². The van der Waals surface area contributed by atoms with Gasteiger partial charge in [0.25, 0.3) is 5.91 Å². The quantitative estimate of drug-likeness (QED) is 0.825. The number of fused-ring (bicyclic) bond motifs is 1. The first kappa shape index (κ1) is 19.2.